The maximum atomic E-state index is 13.1. The highest BCUT2D eigenvalue weighted by atomic mass is 16.6. The SMILES string of the molecule is CCC(C(=O)N1CCC2(CC1)CN(CCC(C)C)C(=O)O2)N1CCOCC1. The lowest BCUT2D eigenvalue weighted by Crippen LogP contribution is -2.55. The molecule has 1 spiro atoms. The van der Waals surface area contributed by atoms with Gasteiger partial charge in [0.05, 0.1) is 25.8 Å². The molecule has 0 aromatic heterocycles. The van der Waals surface area contributed by atoms with Gasteiger partial charge in [0.1, 0.15) is 5.60 Å². The number of nitrogens with zero attached hydrogens (tertiary/aromatic N) is 3. The Morgan fingerprint density at radius 2 is 1.81 bits per heavy atom. The first-order valence-corrected chi connectivity index (χ1v) is 10.5. The summed E-state index contributed by atoms with van der Waals surface area (Å²) in [5.74, 6) is 0.787. The van der Waals surface area contributed by atoms with Crippen molar-refractivity contribution in [2.24, 2.45) is 5.92 Å². The van der Waals surface area contributed by atoms with Crippen LogP contribution in [0.25, 0.3) is 0 Å². The first-order chi connectivity index (χ1) is 12.9. The van der Waals surface area contributed by atoms with Crippen molar-refractivity contribution in [3.8, 4) is 0 Å². The third kappa shape index (κ3) is 4.74. The topological polar surface area (TPSA) is 62.3 Å². The maximum absolute atomic E-state index is 13.1. The fourth-order valence-electron chi connectivity index (χ4n) is 4.36. The maximum Gasteiger partial charge on any atom is 0.410 e. The monoisotopic (exact) mass is 381 g/mol. The number of morpholine rings is 1. The molecule has 7 nitrogen and oxygen atoms in total. The van der Waals surface area contributed by atoms with Gasteiger partial charge in [-0.1, -0.05) is 20.8 Å². The molecule has 27 heavy (non-hydrogen) atoms. The fraction of sp³-hybridized carbons (Fsp3) is 0.900. The van der Waals surface area contributed by atoms with Gasteiger partial charge in [-0.3, -0.25) is 9.69 Å². The van der Waals surface area contributed by atoms with E-state index in [0.717, 1.165) is 45.3 Å². The van der Waals surface area contributed by atoms with Crippen LogP contribution in [0.2, 0.25) is 0 Å². The van der Waals surface area contributed by atoms with Crippen LogP contribution in [0.1, 0.15) is 46.5 Å². The minimum absolute atomic E-state index is 0.0587. The molecule has 0 bridgehead atoms. The Kier molecular flexibility index (Phi) is 6.63. The van der Waals surface area contributed by atoms with Gasteiger partial charge in [-0.15, -0.1) is 0 Å². The Bertz CT molecular complexity index is 525. The van der Waals surface area contributed by atoms with Crippen LogP contribution < -0.4 is 0 Å². The van der Waals surface area contributed by atoms with E-state index in [-0.39, 0.29) is 18.0 Å². The van der Waals surface area contributed by atoms with Gasteiger partial charge in [0, 0.05) is 45.6 Å². The average Bonchev–Trinajstić information content (AvgIpc) is 2.97. The summed E-state index contributed by atoms with van der Waals surface area (Å²) in [5.41, 5.74) is -0.397. The van der Waals surface area contributed by atoms with Crippen molar-refractivity contribution in [2.75, 3.05) is 52.5 Å². The van der Waals surface area contributed by atoms with Crippen LogP contribution in [0.3, 0.4) is 0 Å². The molecule has 3 aliphatic rings. The molecule has 154 valence electrons. The summed E-state index contributed by atoms with van der Waals surface area (Å²) in [4.78, 5) is 31.4. The normalized spacial score (nSPS) is 24.5. The van der Waals surface area contributed by atoms with E-state index in [1.165, 1.54) is 0 Å². The molecule has 0 saturated carbocycles. The van der Waals surface area contributed by atoms with Gasteiger partial charge in [-0.2, -0.15) is 0 Å². The minimum atomic E-state index is -0.397. The quantitative estimate of drug-likeness (QED) is 0.704. The summed E-state index contributed by atoms with van der Waals surface area (Å²) in [7, 11) is 0. The number of likely N-dealkylation sites (tertiary alicyclic amines) is 1. The number of amides is 2. The number of hydrogen-bond acceptors (Lipinski definition) is 5. The second-order valence-corrected chi connectivity index (χ2v) is 8.55. The van der Waals surface area contributed by atoms with E-state index in [2.05, 4.69) is 25.7 Å². The van der Waals surface area contributed by atoms with Crippen LogP contribution in [-0.4, -0.2) is 90.8 Å². The zero-order valence-corrected chi connectivity index (χ0v) is 17.1. The van der Waals surface area contributed by atoms with E-state index in [1.54, 1.807) is 0 Å². The molecule has 7 heteroatoms. The minimum Gasteiger partial charge on any atom is -0.441 e. The van der Waals surface area contributed by atoms with E-state index < -0.39 is 5.60 Å². The third-order valence-corrected chi connectivity index (χ3v) is 6.16. The van der Waals surface area contributed by atoms with E-state index in [1.807, 2.05) is 9.80 Å². The van der Waals surface area contributed by atoms with Crippen molar-refractivity contribution in [1.82, 2.24) is 14.7 Å². The van der Waals surface area contributed by atoms with E-state index in [9.17, 15) is 9.59 Å². The lowest BCUT2D eigenvalue weighted by Gasteiger charge is -2.41. The highest BCUT2D eigenvalue weighted by Crippen LogP contribution is 2.34. The van der Waals surface area contributed by atoms with E-state index >= 15 is 0 Å². The molecule has 0 N–H and O–H groups in total. The molecular weight excluding hydrogens is 346 g/mol. The Balaban J connectivity index is 1.53. The van der Waals surface area contributed by atoms with Gasteiger partial charge in [-0.05, 0) is 18.8 Å². The zero-order chi connectivity index (χ0) is 19.4. The number of carbonyl (C=O) groups is 2. The second kappa shape index (κ2) is 8.78. The molecule has 3 heterocycles. The summed E-state index contributed by atoms with van der Waals surface area (Å²) in [5, 5.41) is 0. The molecule has 0 aromatic carbocycles. The van der Waals surface area contributed by atoms with Gasteiger partial charge >= 0.3 is 6.09 Å². The first-order valence-electron chi connectivity index (χ1n) is 10.5. The molecule has 1 unspecified atom stereocenters. The van der Waals surface area contributed by atoms with Crippen molar-refractivity contribution in [2.45, 2.75) is 58.1 Å². The summed E-state index contributed by atoms with van der Waals surface area (Å²) in [6.07, 6.45) is 3.10. The van der Waals surface area contributed by atoms with Crippen molar-refractivity contribution >= 4 is 12.0 Å². The van der Waals surface area contributed by atoms with Crippen LogP contribution in [0.15, 0.2) is 0 Å². The van der Waals surface area contributed by atoms with Gasteiger partial charge in [0.2, 0.25) is 5.91 Å². The van der Waals surface area contributed by atoms with Crippen LogP contribution in [0.4, 0.5) is 4.79 Å². The van der Waals surface area contributed by atoms with Gasteiger partial charge in [-0.25, -0.2) is 4.79 Å². The van der Waals surface area contributed by atoms with Crippen molar-refractivity contribution in [3.05, 3.63) is 0 Å². The van der Waals surface area contributed by atoms with Gasteiger partial charge in [0.15, 0.2) is 0 Å². The van der Waals surface area contributed by atoms with E-state index in [4.69, 9.17) is 9.47 Å². The first kappa shape index (κ1) is 20.4. The fourth-order valence-corrected chi connectivity index (χ4v) is 4.36. The van der Waals surface area contributed by atoms with Gasteiger partial charge < -0.3 is 19.3 Å². The summed E-state index contributed by atoms with van der Waals surface area (Å²) >= 11 is 0. The van der Waals surface area contributed by atoms with Gasteiger partial charge in [0.25, 0.3) is 0 Å². The Labute approximate surface area is 162 Å². The Morgan fingerprint density at radius 1 is 1.15 bits per heavy atom. The second-order valence-electron chi connectivity index (χ2n) is 8.55. The molecule has 0 aliphatic carbocycles. The lowest BCUT2D eigenvalue weighted by atomic mass is 9.90. The Morgan fingerprint density at radius 3 is 2.41 bits per heavy atom. The molecule has 3 aliphatic heterocycles. The van der Waals surface area contributed by atoms with Crippen molar-refractivity contribution < 1.29 is 19.1 Å². The summed E-state index contributed by atoms with van der Waals surface area (Å²) in [6.45, 7) is 12.2. The summed E-state index contributed by atoms with van der Waals surface area (Å²) in [6, 6.07) is -0.0587. The van der Waals surface area contributed by atoms with Crippen molar-refractivity contribution in [3.63, 3.8) is 0 Å². The lowest BCUT2D eigenvalue weighted by molar-refractivity contribution is -0.142. The number of rotatable bonds is 6. The molecule has 3 rings (SSSR count). The predicted molar refractivity (Wildman–Crippen MR) is 103 cm³/mol. The molecule has 1 atom stereocenters. The highest BCUT2D eigenvalue weighted by molar-refractivity contribution is 5.82. The summed E-state index contributed by atoms with van der Waals surface area (Å²) < 4.78 is 11.2. The molecule has 3 saturated heterocycles. The molecule has 2 amide bonds. The number of hydrogen-bond donors (Lipinski definition) is 0. The standard InChI is InChI=1S/C20H35N3O4/c1-4-17(21-11-13-26-14-12-21)18(24)22-9-6-20(7-10-22)15-23(19(25)27-20)8-5-16(2)3/h16-17H,4-15H2,1-3H3. The van der Waals surface area contributed by atoms with Crippen LogP contribution in [-0.2, 0) is 14.3 Å². The molecular formula is C20H35N3O4. The third-order valence-electron chi connectivity index (χ3n) is 6.16. The average molecular weight is 382 g/mol. The smallest absolute Gasteiger partial charge is 0.410 e. The van der Waals surface area contributed by atoms with Crippen LogP contribution >= 0.6 is 0 Å². The molecule has 0 radical (unpaired) electrons. The number of piperidine rings is 1. The van der Waals surface area contributed by atoms with Crippen LogP contribution in [0.5, 0.6) is 0 Å². The molecule has 3 fully saturated rings. The number of carbonyl (C=O) groups excluding carboxylic acids is 2. The van der Waals surface area contributed by atoms with E-state index in [0.29, 0.717) is 38.8 Å². The largest absolute Gasteiger partial charge is 0.441 e. The molecule has 0 aromatic rings. The van der Waals surface area contributed by atoms with Crippen molar-refractivity contribution in [1.29, 1.82) is 0 Å². The predicted octanol–water partition coefficient (Wildman–Crippen LogP) is 1.96. The Hall–Kier alpha value is -1.34. The highest BCUT2D eigenvalue weighted by Gasteiger charge is 2.47. The number of ether oxygens (including phenoxy) is 2. The van der Waals surface area contributed by atoms with Crippen LogP contribution in [0, 0.1) is 5.92 Å². The zero-order valence-electron chi connectivity index (χ0n) is 17.1.